The first-order valence-electron chi connectivity index (χ1n) is 5.00. The van der Waals surface area contributed by atoms with Gasteiger partial charge in [0.25, 0.3) is 0 Å². The number of primary amides is 1. The van der Waals surface area contributed by atoms with Gasteiger partial charge in [0.1, 0.15) is 6.04 Å². The van der Waals surface area contributed by atoms with Crippen LogP contribution in [-0.2, 0) is 14.4 Å². The second-order valence-electron chi connectivity index (χ2n) is 3.16. The molecule has 98 valence electrons. The molecule has 1 atom stereocenters. The monoisotopic (exact) mass is 246 g/mol. The Kier molecular flexibility index (Phi) is 10.9. The molecule has 1 amide bonds. The van der Waals surface area contributed by atoms with Gasteiger partial charge in [-0.3, -0.25) is 9.59 Å². The van der Waals surface area contributed by atoms with Crippen molar-refractivity contribution in [3.05, 3.63) is 12.2 Å². The number of aliphatic carboxylic acids is 2. The van der Waals surface area contributed by atoms with E-state index in [0.29, 0.717) is 12.5 Å². The first-order valence-corrected chi connectivity index (χ1v) is 5.00. The minimum atomic E-state index is -1.18. The molecule has 0 aliphatic rings. The maximum Gasteiger partial charge on any atom is 0.328 e. The quantitative estimate of drug-likeness (QED) is 0.473. The van der Waals surface area contributed by atoms with Crippen molar-refractivity contribution in [2.45, 2.75) is 32.2 Å². The van der Waals surface area contributed by atoms with Crippen LogP contribution >= 0.6 is 0 Å². The number of carboxylic acid groups (broad SMARTS) is 2. The van der Waals surface area contributed by atoms with Gasteiger partial charge in [0.05, 0.1) is 0 Å². The molecule has 1 unspecified atom stereocenters. The Balaban J connectivity index is 0. The highest BCUT2D eigenvalue weighted by Gasteiger charge is 2.08. The van der Waals surface area contributed by atoms with Gasteiger partial charge in [0.15, 0.2) is 0 Å². The molecule has 0 rings (SSSR count). The third-order valence-corrected chi connectivity index (χ3v) is 1.58. The number of hydrogen-bond donors (Lipinski definition) is 4. The van der Waals surface area contributed by atoms with Crippen LogP contribution in [0.2, 0.25) is 0 Å². The normalized spacial score (nSPS) is 11.4. The molecule has 0 fully saturated rings. The largest absolute Gasteiger partial charge is 0.480 e. The zero-order chi connectivity index (χ0) is 13.8. The summed E-state index contributed by atoms with van der Waals surface area (Å²) in [6.45, 7) is 2.01. The zero-order valence-corrected chi connectivity index (χ0v) is 9.63. The molecule has 0 aromatic heterocycles. The minimum absolute atomic E-state index is 0.589. The summed E-state index contributed by atoms with van der Waals surface area (Å²) in [6, 6.07) is -0.662. The van der Waals surface area contributed by atoms with Gasteiger partial charge in [-0.05, 0) is 6.42 Å². The Morgan fingerprint density at radius 3 is 2.00 bits per heavy atom. The van der Waals surface area contributed by atoms with E-state index in [0.717, 1.165) is 18.9 Å². The van der Waals surface area contributed by atoms with Gasteiger partial charge in [-0.1, -0.05) is 19.8 Å². The number of amides is 1. The topological polar surface area (TPSA) is 144 Å². The van der Waals surface area contributed by atoms with E-state index in [-0.39, 0.29) is 0 Å². The van der Waals surface area contributed by atoms with Crippen LogP contribution in [-0.4, -0.2) is 34.1 Å². The van der Waals surface area contributed by atoms with Crippen molar-refractivity contribution in [2.75, 3.05) is 0 Å². The van der Waals surface area contributed by atoms with E-state index in [9.17, 15) is 14.4 Å². The fourth-order valence-corrected chi connectivity index (χ4v) is 0.701. The summed E-state index contributed by atoms with van der Waals surface area (Å²) < 4.78 is 0. The minimum Gasteiger partial charge on any atom is -0.480 e. The number of unbranched alkanes of at least 4 members (excludes halogenated alkanes) is 1. The number of carbonyl (C=O) groups is 3. The third kappa shape index (κ3) is 16.8. The highest BCUT2D eigenvalue weighted by Crippen LogP contribution is 1.96. The molecule has 0 heterocycles. The first kappa shape index (κ1) is 17.5. The summed E-state index contributed by atoms with van der Waals surface area (Å²) in [5.74, 6) is -2.83. The van der Waals surface area contributed by atoms with Crippen molar-refractivity contribution >= 4 is 17.8 Å². The van der Waals surface area contributed by atoms with Gasteiger partial charge in [0, 0.05) is 12.2 Å². The van der Waals surface area contributed by atoms with Gasteiger partial charge < -0.3 is 21.7 Å². The molecule has 7 heteroatoms. The molecule has 0 aromatic rings. The third-order valence-electron chi connectivity index (χ3n) is 1.58. The Hall–Kier alpha value is -1.89. The van der Waals surface area contributed by atoms with Crippen LogP contribution in [0.15, 0.2) is 12.2 Å². The summed E-state index contributed by atoms with van der Waals surface area (Å²) in [6.07, 6.45) is 3.95. The molecule has 0 bridgehead atoms. The van der Waals surface area contributed by atoms with Gasteiger partial charge in [-0.2, -0.15) is 0 Å². The van der Waals surface area contributed by atoms with E-state index in [1.54, 1.807) is 0 Å². The average molecular weight is 246 g/mol. The van der Waals surface area contributed by atoms with Crippen LogP contribution < -0.4 is 11.5 Å². The number of rotatable bonds is 6. The second-order valence-corrected chi connectivity index (χ2v) is 3.16. The molecule has 17 heavy (non-hydrogen) atoms. The maximum absolute atomic E-state index is 10.1. The molecule has 6 N–H and O–H groups in total. The molecule has 0 aromatic carbocycles. The Bertz CT molecular complexity index is 272. The van der Waals surface area contributed by atoms with Crippen LogP contribution in [0.25, 0.3) is 0 Å². The second kappa shape index (κ2) is 10.6. The highest BCUT2D eigenvalue weighted by atomic mass is 16.4. The summed E-state index contributed by atoms with van der Waals surface area (Å²) >= 11 is 0. The fraction of sp³-hybridized carbons (Fsp3) is 0.500. The molecular weight excluding hydrogens is 228 g/mol. The summed E-state index contributed by atoms with van der Waals surface area (Å²) in [4.78, 5) is 29.5. The Labute approximate surface area is 99.1 Å². The molecule has 0 saturated heterocycles. The summed E-state index contributed by atoms with van der Waals surface area (Å²) in [5.41, 5.74) is 9.75. The van der Waals surface area contributed by atoms with E-state index in [1.165, 1.54) is 0 Å². The van der Waals surface area contributed by atoms with Crippen LogP contribution in [0.4, 0.5) is 0 Å². The van der Waals surface area contributed by atoms with Crippen molar-refractivity contribution in [3.8, 4) is 0 Å². The van der Waals surface area contributed by atoms with Gasteiger partial charge in [-0.25, -0.2) is 4.79 Å². The van der Waals surface area contributed by atoms with Crippen molar-refractivity contribution in [2.24, 2.45) is 11.5 Å². The lowest BCUT2D eigenvalue weighted by Crippen LogP contribution is -2.29. The molecule has 7 nitrogen and oxygen atoms in total. The van der Waals surface area contributed by atoms with E-state index < -0.39 is 23.9 Å². The van der Waals surface area contributed by atoms with E-state index in [1.807, 2.05) is 6.92 Å². The molecule has 0 spiro atoms. The van der Waals surface area contributed by atoms with E-state index in [2.05, 4.69) is 5.73 Å². The van der Waals surface area contributed by atoms with Crippen molar-refractivity contribution in [3.63, 3.8) is 0 Å². The maximum atomic E-state index is 10.1. The standard InChI is InChI=1S/C6H13NO2.C4H5NO3/c1-2-3-4-5(7)6(8)9;5-3(6)1-2-4(7)8/h5H,2-4,7H2,1H3,(H,8,9);1-2H,(H2,5,6)(H,7,8)/b;2-1-. The molecule has 0 aliphatic carbocycles. The van der Waals surface area contributed by atoms with Crippen LogP contribution in [0.3, 0.4) is 0 Å². The first-order chi connectivity index (χ1) is 7.81. The Morgan fingerprint density at radius 1 is 1.24 bits per heavy atom. The van der Waals surface area contributed by atoms with Gasteiger partial charge in [-0.15, -0.1) is 0 Å². The SMILES string of the molecule is CCCCC(N)C(=O)O.NC(=O)/C=C\C(=O)O. The molecular formula is C10H18N2O5. The van der Waals surface area contributed by atoms with Gasteiger partial charge >= 0.3 is 11.9 Å². The predicted octanol–water partition coefficient (Wildman–Crippen LogP) is -0.299. The number of hydrogen-bond acceptors (Lipinski definition) is 4. The molecule has 0 saturated carbocycles. The molecule has 0 radical (unpaired) electrons. The fourth-order valence-electron chi connectivity index (χ4n) is 0.701. The van der Waals surface area contributed by atoms with Crippen molar-refractivity contribution in [1.82, 2.24) is 0 Å². The Morgan fingerprint density at radius 2 is 1.76 bits per heavy atom. The van der Waals surface area contributed by atoms with E-state index >= 15 is 0 Å². The van der Waals surface area contributed by atoms with Crippen molar-refractivity contribution < 1.29 is 24.6 Å². The lowest BCUT2D eigenvalue weighted by molar-refractivity contribution is -0.138. The summed E-state index contributed by atoms with van der Waals surface area (Å²) in [7, 11) is 0. The van der Waals surface area contributed by atoms with Gasteiger partial charge in [0.2, 0.25) is 5.91 Å². The van der Waals surface area contributed by atoms with Crippen molar-refractivity contribution in [1.29, 1.82) is 0 Å². The number of carboxylic acids is 2. The van der Waals surface area contributed by atoms with E-state index in [4.69, 9.17) is 15.9 Å². The smallest absolute Gasteiger partial charge is 0.328 e. The van der Waals surface area contributed by atoms with Crippen LogP contribution in [0.1, 0.15) is 26.2 Å². The predicted molar refractivity (Wildman–Crippen MR) is 61.1 cm³/mol. The zero-order valence-electron chi connectivity index (χ0n) is 9.63. The average Bonchev–Trinajstić information content (AvgIpc) is 2.23. The highest BCUT2D eigenvalue weighted by molar-refractivity contribution is 5.92. The lowest BCUT2D eigenvalue weighted by Gasteiger charge is -2.02. The van der Waals surface area contributed by atoms with Crippen LogP contribution in [0, 0.1) is 0 Å². The molecule has 0 aliphatic heterocycles. The summed E-state index contributed by atoms with van der Waals surface area (Å²) in [5, 5.41) is 16.2. The number of carbonyl (C=O) groups excluding carboxylic acids is 1. The lowest BCUT2D eigenvalue weighted by atomic mass is 10.1. The van der Waals surface area contributed by atoms with Crippen LogP contribution in [0.5, 0.6) is 0 Å². The number of nitrogens with two attached hydrogens (primary N) is 2.